The van der Waals surface area contributed by atoms with Crippen molar-refractivity contribution in [1.29, 1.82) is 0 Å². The average Bonchev–Trinajstić information content (AvgIpc) is 2.41. The number of hydrogen-bond donors (Lipinski definition) is 2. The summed E-state index contributed by atoms with van der Waals surface area (Å²) in [5.41, 5.74) is 7.03. The summed E-state index contributed by atoms with van der Waals surface area (Å²) in [6.45, 7) is 0. The molecule has 0 unspecified atom stereocenters. The van der Waals surface area contributed by atoms with Crippen LogP contribution in [0, 0.1) is 0 Å². The molecule has 3 N–H and O–H groups in total. The number of nitrogens with two attached hydrogens (primary N) is 1. The molecule has 0 saturated carbocycles. The molecule has 1 aromatic carbocycles. The lowest BCUT2D eigenvalue weighted by molar-refractivity contribution is 0.354. The fourth-order valence-electron chi connectivity index (χ4n) is 1.79. The van der Waals surface area contributed by atoms with Crippen LogP contribution in [0.3, 0.4) is 0 Å². The van der Waals surface area contributed by atoms with Crippen LogP contribution in [0.15, 0.2) is 29.2 Å². The van der Waals surface area contributed by atoms with Crippen LogP contribution in [0.4, 0.5) is 5.82 Å². The zero-order chi connectivity index (χ0) is 13.8. The maximum atomic E-state index is 11.0. The minimum atomic E-state index is -0.450. The first kappa shape index (κ1) is 12.9. The fourth-order valence-corrected chi connectivity index (χ4v) is 1.79. The summed E-state index contributed by atoms with van der Waals surface area (Å²) in [6.07, 6.45) is 2.03. The second-order valence-electron chi connectivity index (χ2n) is 3.99. The number of nitrogens with zero attached hydrogens (tertiary/aromatic N) is 1. The van der Waals surface area contributed by atoms with Crippen LogP contribution >= 0.6 is 0 Å². The molecule has 0 bridgehead atoms. The molecule has 2 rings (SSSR count). The highest BCUT2D eigenvalue weighted by Gasteiger charge is 2.07. The van der Waals surface area contributed by atoms with E-state index in [1.807, 2.05) is 18.2 Å². The van der Waals surface area contributed by atoms with E-state index < -0.39 is 5.69 Å². The van der Waals surface area contributed by atoms with Crippen LogP contribution in [0.1, 0.15) is 11.1 Å². The molecule has 6 nitrogen and oxygen atoms in total. The number of H-pyrrole nitrogens is 1. The van der Waals surface area contributed by atoms with Gasteiger partial charge in [0.05, 0.1) is 14.2 Å². The lowest BCUT2D eigenvalue weighted by Gasteiger charge is -2.10. The molecule has 0 aliphatic rings. The van der Waals surface area contributed by atoms with Crippen molar-refractivity contribution in [3.63, 3.8) is 0 Å². The van der Waals surface area contributed by atoms with Gasteiger partial charge in [0.25, 0.3) is 0 Å². The van der Waals surface area contributed by atoms with Crippen molar-refractivity contribution in [2.24, 2.45) is 0 Å². The van der Waals surface area contributed by atoms with Crippen LogP contribution in [-0.2, 0) is 6.42 Å². The van der Waals surface area contributed by atoms with Gasteiger partial charge < -0.3 is 15.2 Å². The minimum Gasteiger partial charge on any atom is -0.493 e. The summed E-state index contributed by atoms with van der Waals surface area (Å²) in [5.74, 6) is 1.64. The summed E-state index contributed by atoms with van der Waals surface area (Å²) in [7, 11) is 3.17. The van der Waals surface area contributed by atoms with Gasteiger partial charge in [0.2, 0.25) is 0 Å². The lowest BCUT2D eigenvalue weighted by Crippen LogP contribution is -2.14. The van der Waals surface area contributed by atoms with Crippen LogP contribution in [0.25, 0.3) is 0 Å². The zero-order valence-corrected chi connectivity index (χ0v) is 10.8. The first-order valence-corrected chi connectivity index (χ1v) is 5.68. The predicted molar refractivity (Wildman–Crippen MR) is 71.6 cm³/mol. The Morgan fingerprint density at radius 3 is 2.63 bits per heavy atom. The van der Waals surface area contributed by atoms with Crippen molar-refractivity contribution in [3.05, 3.63) is 46.0 Å². The van der Waals surface area contributed by atoms with Gasteiger partial charge in [-0.1, -0.05) is 6.07 Å². The van der Waals surface area contributed by atoms with Crippen molar-refractivity contribution in [3.8, 4) is 11.5 Å². The number of anilines is 1. The standard InChI is InChI=1S/C13H15N3O3/c1-18-10-4-3-8(6-11(10)19-2)5-9-7-15-13(17)16-12(9)14/h3-4,6-7H,5H2,1-2H3,(H3,14,15,16,17). The van der Waals surface area contributed by atoms with Crippen molar-refractivity contribution < 1.29 is 9.47 Å². The fraction of sp³-hybridized carbons (Fsp3) is 0.231. The molecule has 6 heteroatoms. The zero-order valence-electron chi connectivity index (χ0n) is 10.8. The highest BCUT2D eigenvalue weighted by Crippen LogP contribution is 2.28. The summed E-state index contributed by atoms with van der Waals surface area (Å²) >= 11 is 0. The number of aromatic nitrogens is 2. The first-order chi connectivity index (χ1) is 9.13. The Morgan fingerprint density at radius 1 is 1.26 bits per heavy atom. The lowest BCUT2D eigenvalue weighted by atomic mass is 10.1. The van der Waals surface area contributed by atoms with Gasteiger partial charge in [-0.2, -0.15) is 0 Å². The Labute approximate surface area is 110 Å². The Kier molecular flexibility index (Phi) is 3.70. The van der Waals surface area contributed by atoms with E-state index >= 15 is 0 Å². The van der Waals surface area contributed by atoms with Gasteiger partial charge in [0.1, 0.15) is 5.82 Å². The summed E-state index contributed by atoms with van der Waals surface area (Å²) in [6, 6.07) is 5.60. The number of aromatic amines is 1. The normalized spacial score (nSPS) is 10.2. The van der Waals surface area contributed by atoms with E-state index in [1.54, 1.807) is 14.2 Å². The second-order valence-corrected chi connectivity index (χ2v) is 3.99. The van der Waals surface area contributed by atoms with Crippen molar-refractivity contribution in [2.45, 2.75) is 6.42 Å². The molecule has 100 valence electrons. The van der Waals surface area contributed by atoms with Gasteiger partial charge in [-0.15, -0.1) is 0 Å². The minimum absolute atomic E-state index is 0.329. The number of methoxy groups -OCH3 is 2. The molecule has 19 heavy (non-hydrogen) atoms. The van der Waals surface area contributed by atoms with Gasteiger partial charge in [0.15, 0.2) is 11.5 Å². The summed E-state index contributed by atoms with van der Waals surface area (Å²) < 4.78 is 10.4. The van der Waals surface area contributed by atoms with Gasteiger partial charge in [0, 0.05) is 18.2 Å². The Morgan fingerprint density at radius 2 is 2.00 bits per heavy atom. The summed E-state index contributed by atoms with van der Waals surface area (Å²) in [4.78, 5) is 17.1. The molecule has 0 saturated heterocycles. The van der Waals surface area contributed by atoms with Gasteiger partial charge >= 0.3 is 5.69 Å². The van der Waals surface area contributed by atoms with E-state index in [-0.39, 0.29) is 0 Å². The molecule has 1 heterocycles. The Bertz CT molecular complexity index is 637. The molecule has 0 aliphatic heterocycles. The molecule has 0 amide bonds. The van der Waals surface area contributed by atoms with Crippen LogP contribution in [0.5, 0.6) is 11.5 Å². The van der Waals surface area contributed by atoms with Crippen molar-refractivity contribution in [1.82, 2.24) is 9.97 Å². The molecular weight excluding hydrogens is 246 g/mol. The smallest absolute Gasteiger partial charge is 0.346 e. The van der Waals surface area contributed by atoms with Gasteiger partial charge in [-0.25, -0.2) is 9.78 Å². The third kappa shape index (κ3) is 2.85. The van der Waals surface area contributed by atoms with E-state index in [0.29, 0.717) is 23.7 Å². The number of nitrogen functional groups attached to an aromatic ring is 1. The molecule has 0 atom stereocenters. The predicted octanol–water partition coefficient (Wildman–Crippen LogP) is 0.960. The maximum Gasteiger partial charge on any atom is 0.346 e. The number of nitrogens with one attached hydrogen (secondary N) is 1. The van der Waals surface area contributed by atoms with Gasteiger partial charge in [-0.05, 0) is 17.7 Å². The topological polar surface area (TPSA) is 90.2 Å². The third-order valence-electron chi connectivity index (χ3n) is 2.77. The third-order valence-corrected chi connectivity index (χ3v) is 2.77. The maximum absolute atomic E-state index is 11.0. The Balaban J connectivity index is 2.30. The van der Waals surface area contributed by atoms with Gasteiger partial charge in [-0.3, -0.25) is 4.98 Å². The van der Waals surface area contributed by atoms with Crippen molar-refractivity contribution >= 4 is 5.82 Å². The van der Waals surface area contributed by atoms with E-state index in [4.69, 9.17) is 15.2 Å². The van der Waals surface area contributed by atoms with Crippen LogP contribution in [-0.4, -0.2) is 24.2 Å². The first-order valence-electron chi connectivity index (χ1n) is 5.68. The van der Waals surface area contributed by atoms with Crippen LogP contribution < -0.4 is 20.9 Å². The highest BCUT2D eigenvalue weighted by atomic mass is 16.5. The molecule has 2 aromatic rings. The van der Waals surface area contributed by atoms with E-state index in [9.17, 15) is 4.79 Å². The summed E-state index contributed by atoms with van der Waals surface area (Å²) in [5, 5.41) is 0. The monoisotopic (exact) mass is 261 g/mol. The highest BCUT2D eigenvalue weighted by molar-refractivity contribution is 5.46. The van der Waals surface area contributed by atoms with E-state index in [0.717, 1.165) is 11.1 Å². The number of ether oxygens (including phenoxy) is 2. The molecular formula is C13H15N3O3. The molecule has 0 aliphatic carbocycles. The van der Waals surface area contributed by atoms with E-state index in [2.05, 4.69) is 9.97 Å². The van der Waals surface area contributed by atoms with E-state index in [1.165, 1.54) is 6.20 Å². The number of hydrogen-bond acceptors (Lipinski definition) is 5. The molecule has 0 spiro atoms. The average molecular weight is 261 g/mol. The largest absolute Gasteiger partial charge is 0.493 e. The second kappa shape index (κ2) is 5.43. The quantitative estimate of drug-likeness (QED) is 0.855. The van der Waals surface area contributed by atoms with Crippen LogP contribution in [0.2, 0.25) is 0 Å². The molecule has 0 radical (unpaired) electrons. The van der Waals surface area contributed by atoms with Crippen molar-refractivity contribution in [2.75, 3.05) is 20.0 Å². The molecule has 1 aromatic heterocycles. The number of rotatable bonds is 4. The SMILES string of the molecule is COc1ccc(Cc2cnc(=O)[nH]c2N)cc1OC. The Hall–Kier alpha value is -2.50. The number of benzene rings is 1. The molecule has 0 fully saturated rings.